The monoisotopic (exact) mass is 612 g/mol. The van der Waals surface area contributed by atoms with Crippen LogP contribution in [0.25, 0.3) is 10.9 Å². The third-order valence-electron chi connectivity index (χ3n) is 8.01. The predicted octanol–water partition coefficient (Wildman–Crippen LogP) is 5.39. The number of carbonyl (C=O) groups is 1. The SMILES string of the molecule is CC(C)(CO)c1cc2cc(NC(=O)C3(c4ccc5c(c4)OC(F)(F)O5)CC3)c(F)cc2n1C[C@@H](O)CO.Cc1ccccc1. The molecule has 44 heavy (non-hydrogen) atoms. The van der Waals surface area contributed by atoms with E-state index in [1.54, 1.807) is 24.5 Å². The Bertz CT molecular complexity index is 1670. The molecule has 0 spiro atoms. The summed E-state index contributed by atoms with van der Waals surface area (Å²) in [6.07, 6.45) is -3.97. The molecule has 0 saturated heterocycles. The van der Waals surface area contributed by atoms with E-state index >= 15 is 4.39 Å². The summed E-state index contributed by atoms with van der Waals surface area (Å²) in [7, 11) is 0. The number of nitrogens with one attached hydrogen (secondary N) is 1. The summed E-state index contributed by atoms with van der Waals surface area (Å²) < 4.78 is 52.6. The molecule has 1 aromatic heterocycles. The van der Waals surface area contributed by atoms with Gasteiger partial charge in [-0.05, 0) is 49.6 Å². The number of aryl methyl sites for hydroxylation is 1. The predicted molar refractivity (Wildman–Crippen MR) is 158 cm³/mol. The topological polar surface area (TPSA) is 113 Å². The Morgan fingerprint density at radius 2 is 1.70 bits per heavy atom. The highest BCUT2D eigenvalue weighted by Gasteiger charge is 2.53. The molecule has 1 amide bonds. The Morgan fingerprint density at radius 3 is 2.30 bits per heavy atom. The highest BCUT2D eigenvalue weighted by molar-refractivity contribution is 6.03. The number of amides is 1. The van der Waals surface area contributed by atoms with Crippen molar-refractivity contribution >= 4 is 22.5 Å². The van der Waals surface area contributed by atoms with Gasteiger partial charge < -0.3 is 34.7 Å². The minimum Gasteiger partial charge on any atom is -0.395 e. The zero-order valence-electron chi connectivity index (χ0n) is 24.6. The van der Waals surface area contributed by atoms with Gasteiger partial charge in [0.05, 0.1) is 42.5 Å². The van der Waals surface area contributed by atoms with Gasteiger partial charge in [-0.2, -0.15) is 0 Å². The van der Waals surface area contributed by atoms with Crippen LogP contribution in [0.3, 0.4) is 0 Å². The van der Waals surface area contributed by atoms with Crippen molar-refractivity contribution in [1.82, 2.24) is 4.57 Å². The summed E-state index contributed by atoms with van der Waals surface area (Å²) in [5.41, 5.74) is 1.02. The number of hydrogen-bond acceptors (Lipinski definition) is 6. The van der Waals surface area contributed by atoms with E-state index in [0.717, 1.165) is 0 Å². The van der Waals surface area contributed by atoms with Crippen LogP contribution >= 0.6 is 0 Å². The van der Waals surface area contributed by atoms with Gasteiger partial charge in [0, 0.05) is 22.6 Å². The van der Waals surface area contributed by atoms with Crippen LogP contribution in [-0.2, 0) is 22.2 Å². The summed E-state index contributed by atoms with van der Waals surface area (Å²) in [5, 5.41) is 32.5. The fourth-order valence-electron chi connectivity index (χ4n) is 5.28. The average molecular weight is 613 g/mol. The molecule has 0 unspecified atom stereocenters. The normalized spacial score (nSPS) is 16.7. The van der Waals surface area contributed by atoms with Crippen molar-refractivity contribution in [2.75, 3.05) is 18.5 Å². The van der Waals surface area contributed by atoms with Gasteiger partial charge >= 0.3 is 6.29 Å². The van der Waals surface area contributed by atoms with Crippen molar-refractivity contribution in [1.29, 1.82) is 0 Å². The molecule has 1 atom stereocenters. The summed E-state index contributed by atoms with van der Waals surface area (Å²) in [6, 6.07) is 18.9. The molecule has 1 aliphatic heterocycles. The van der Waals surface area contributed by atoms with Crippen molar-refractivity contribution in [3.63, 3.8) is 0 Å². The maximum absolute atomic E-state index is 15.2. The van der Waals surface area contributed by atoms with E-state index in [0.29, 0.717) is 35.0 Å². The van der Waals surface area contributed by atoms with E-state index in [4.69, 9.17) is 0 Å². The first-order valence-corrected chi connectivity index (χ1v) is 14.2. The van der Waals surface area contributed by atoms with Crippen LogP contribution in [-0.4, -0.2) is 51.4 Å². The van der Waals surface area contributed by atoms with Gasteiger partial charge in [-0.15, -0.1) is 8.78 Å². The molecule has 2 heterocycles. The molecule has 2 aliphatic rings. The third-order valence-corrected chi connectivity index (χ3v) is 8.01. The van der Waals surface area contributed by atoms with Crippen molar-refractivity contribution in [3.05, 3.63) is 89.4 Å². The number of benzene rings is 3. The Balaban J connectivity index is 0.000000484. The smallest absolute Gasteiger partial charge is 0.395 e. The maximum atomic E-state index is 15.2. The molecule has 8 nitrogen and oxygen atoms in total. The highest BCUT2D eigenvalue weighted by Crippen LogP contribution is 2.52. The number of aromatic nitrogens is 1. The molecule has 11 heteroatoms. The molecule has 4 N–H and O–H groups in total. The number of fused-ring (bicyclic) bond motifs is 2. The second-order valence-corrected chi connectivity index (χ2v) is 11.9. The zero-order valence-corrected chi connectivity index (χ0v) is 24.6. The number of ether oxygens (including phenoxy) is 2. The lowest BCUT2D eigenvalue weighted by Crippen LogP contribution is -2.29. The molecule has 4 aromatic rings. The molecule has 0 bridgehead atoms. The fourth-order valence-corrected chi connectivity index (χ4v) is 5.28. The van der Waals surface area contributed by atoms with Gasteiger partial charge in [-0.25, -0.2) is 4.39 Å². The molecule has 0 radical (unpaired) electrons. The van der Waals surface area contributed by atoms with Crippen molar-refractivity contribution in [2.45, 2.75) is 63.4 Å². The molecular weight excluding hydrogens is 577 g/mol. The lowest BCUT2D eigenvalue weighted by Gasteiger charge is -2.25. The Labute approximate surface area is 252 Å². The van der Waals surface area contributed by atoms with Crippen LogP contribution < -0.4 is 14.8 Å². The van der Waals surface area contributed by atoms with Crippen LogP contribution in [0.2, 0.25) is 0 Å². The number of halogens is 3. The molecular formula is C33H35F3N2O6. The Hall–Kier alpha value is -4.06. The molecule has 1 fully saturated rings. The lowest BCUT2D eigenvalue weighted by atomic mass is 9.90. The Kier molecular flexibility index (Phi) is 8.41. The van der Waals surface area contributed by atoms with E-state index in [-0.39, 0.29) is 30.3 Å². The Morgan fingerprint density at radius 1 is 1.02 bits per heavy atom. The quantitative estimate of drug-likeness (QED) is 0.212. The van der Waals surface area contributed by atoms with E-state index < -0.39 is 41.6 Å². The first-order chi connectivity index (χ1) is 20.8. The first kappa shape index (κ1) is 31.4. The minimum absolute atomic E-state index is 0.0177. The number of alkyl halides is 2. The maximum Gasteiger partial charge on any atom is 0.586 e. The fraction of sp³-hybridized carbons (Fsp3) is 0.364. The van der Waals surface area contributed by atoms with Gasteiger partial charge in [-0.3, -0.25) is 4.79 Å². The van der Waals surface area contributed by atoms with Gasteiger partial charge in [0.2, 0.25) is 5.91 Å². The zero-order chi connectivity index (χ0) is 31.9. The molecule has 234 valence electrons. The summed E-state index contributed by atoms with van der Waals surface area (Å²) in [4.78, 5) is 13.3. The standard InChI is InChI=1S/C26H27F3N2O6.C7H8/c1-24(2,13-33)22-8-14-7-18(17(27)10-19(14)31(22)11-16(34)12-32)30-23(35)25(5-6-25)15-3-4-20-21(9-15)37-26(28,29)36-20;1-7-5-3-2-4-6-7/h3-4,7-10,16,32-34H,5-6,11-13H2,1-2H3,(H,30,35);2-6H,1H3/t16-;/m1./s1. The summed E-state index contributed by atoms with van der Waals surface area (Å²) in [5.74, 6) is -1.49. The van der Waals surface area contributed by atoms with Crippen LogP contribution in [0.4, 0.5) is 18.9 Å². The van der Waals surface area contributed by atoms with Gasteiger partial charge in [0.25, 0.3) is 0 Å². The van der Waals surface area contributed by atoms with E-state index in [1.807, 2.05) is 18.2 Å². The number of nitrogens with zero attached hydrogens (tertiary/aromatic N) is 1. The van der Waals surface area contributed by atoms with E-state index in [2.05, 4.69) is 33.8 Å². The minimum atomic E-state index is -3.77. The second-order valence-electron chi connectivity index (χ2n) is 11.9. The van der Waals surface area contributed by atoms with Crippen LogP contribution in [0, 0.1) is 12.7 Å². The number of carbonyl (C=O) groups excluding carboxylic acids is 1. The van der Waals surface area contributed by atoms with Crippen molar-refractivity contribution < 1.29 is 42.8 Å². The third kappa shape index (κ3) is 6.26. The number of aliphatic hydroxyl groups is 3. The summed E-state index contributed by atoms with van der Waals surface area (Å²) in [6.45, 7) is 4.94. The van der Waals surface area contributed by atoms with Crippen molar-refractivity contribution in [2.24, 2.45) is 0 Å². The van der Waals surface area contributed by atoms with E-state index in [1.165, 1.54) is 35.9 Å². The van der Waals surface area contributed by atoms with Crippen molar-refractivity contribution in [3.8, 4) is 11.5 Å². The second kappa shape index (κ2) is 11.8. The van der Waals surface area contributed by atoms with Crippen LogP contribution in [0.1, 0.15) is 43.5 Å². The number of anilines is 1. The van der Waals surface area contributed by atoms with Crippen LogP contribution in [0.5, 0.6) is 11.5 Å². The molecule has 1 saturated carbocycles. The highest BCUT2D eigenvalue weighted by atomic mass is 19.3. The number of rotatable bonds is 8. The van der Waals surface area contributed by atoms with E-state index in [9.17, 15) is 28.9 Å². The number of aliphatic hydroxyl groups excluding tert-OH is 3. The van der Waals surface area contributed by atoms with Gasteiger partial charge in [0.1, 0.15) is 5.82 Å². The van der Waals surface area contributed by atoms with Gasteiger partial charge in [-0.1, -0.05) is 55.8 Å². The average Bonchev–Trinajstić information content (AvgIpc) is 3.64. The molecule has 3 aromatic carbocycles. The molecule has 6 rings (SSSR count). The largest absolute Gasteiger partial charge is 0.586 e. The summed E-state index contributed by atoms with van der Waals surface area (Å²) >= 11 is 0. The van der Waals surface area contributed by atoms with Crippen LogP contribution in [0.15, 0.2) is 66.7 Å². The molecule has 1 aliphatic carbocycles. The van der Waals surface area contributed by atoms with Gasteiger partial charge in [0.15, 0.2) is 11.5 Å². The number of hydrogen-bond donors (Lipinski definition) is 4. The first-order valence-electron chi connectivity index (χ1n) is 14.2. The lowest BCUT2D eigenvalue weighted by molar-refractivity contribution is -0.286.